The lowest BCUT2D eigenvalue weighted by atomic mass is 10.2. The molecule has 2 aromatic rings. The van der Waals surface area contributed by atoms with Crippen molar-refractivity contribution in [2.75, 3.05) is 6.54 Å². The van der Waals surface area contributed by atoms with Crippen molar-refractivity contribution in [2.45, 2.75) is 27.0 Å². The zero-order chi connectivity index (χ0) is 15.2. The summed E-state index contributed by atoms with van der Waals surface area (Å²) in [5, 5.41) is 5.28. The summed E-state index contributed by atoms with van der Waals surface area (Å²) in [6.45, 7) is 6.28. The molecule has 1 aromatic carbocycles. The van der Waals surface area contributed by atoms with E-state index in [2.05, 4.69) is 35.1 Å². The maximum absolute atomic E-state index is 14.0. The molecule has 0 aliphatic carbocycles. The highest BCUT2D eigenvalue weighted by atomic mass is 79.9. The van der Waals surface area contributed by atoms with Gasteiger partial charge in [0.05, 0.1) is 0 Å². The molecule has 2 rings (SSSR count). The van der Waals surface area contributed by atoms with Crippen molar-refractivity contribution in [3.05, 3.63) is 50.4 Å². The van der Waals surface area contributed by atoms with Crippen LogP contribution in [0.3, 0.4) is 0 Å². The van der Waals surface area contributed by atoms with Gasteiger partial charge in [0.1, 0.15) is 6.61 Å². The highest BCUT2D eigenvalue weighted by Crippen LogP contribution is 2.23. The molecule has 0 atom stereocenters. The molecule has 0 radical (unpaired) electrons. The molecule has 2 nitrogen and oxygen atoms in total. The molecule has 1 aromatic heterocycles. The highest BCUT2D eigenvalue weighted by molar-refractivity contribution is 9.10. The minimum atomic E-state index is -0.311. The van der Waals surface area contributed by atoms with Crippen molar-refractivity contribution in [3.8, 4) is 5.75 Å². The van der Waals surface area contributed by atoms with Crippen LogP contribution in [0.5, 0.6) is 5.75 Å². The minimum absolute atomic E-state index is 0.298. The number of benzene rings is 1. The summed E-state index contributed by atoms with van der Waals surface area (Å²) in [5.41, 5.74) is 0.930. The van der Waals surface area contributed by atoms with Crippen molar-refractivity contribution in [1.29, 1.82) is 0 Å². The Morgan fingerprint density at radius 2 is 2.14 bits per heavy atom. The number of nitrogens with one attached hydrogen (secondary N) is 1. The molecule has 0 aliphatic heterocycles. The van der Waals surface area contributed by atoms with Crippen LogP contribution in [0.4, 0.5) is 4.39 Å². The third-order valence-corrected chi connectivity index (χ3v) is 4.54. The van der Waals surface area contributed by atoms with Gasteiger partial charge in [-0.15, -0.1) is 11.3 Å². The molecule has 0 aliphatic rings. The molecule has 0 amide bonds. The molecule has 1 N–H and O–H groups in total. The fourth-order valence-corrected chi connectivity index (χ4v) is 3.22. The molecule has 1 heterocycles. The van der Waals surface area contributed by atoms with E-state index in [0.29, 0.717) is 24.8 Å². The fourth-order valence-electron chi connectivity index (χ4n) is 1.85. The van der Waals surface area contributed by atoms with Crippen LogP contribution >= 0.6 is 27.3 Å². The quantitative estimate of drug-likeness (QED) is 0.741. The monoisotopic (exact) mass is 371 g/mol. The van der Waals surface area contributed by atoms with E-state index >= 15 is 0 Å². The number of rotatable bonds is 7. The lowest BCUT2D eigenvalue weighted by Gasteiger charge is -2.10. The average molecular weight is 372 g/mol. The molecule has 0 bridgehead atoms. The lowest BCUT2D eigenvalue weighted by molar-refractivity contribution is 0.293. The van der Waals surface area contributed by atoms with E-state index < -0.39 is 0 Å². The zero-order valence-corrected chi connectivity index (χ0v) is 14.6. The second-order valence-corrected chi connectivity index (χ2v) is 7.22. The average Bonchev–Trinajstić information content (AvgIpc) is 2.83. The van der Waals surface area contributed by atoms with E-state index in [4.69, 9.17) is 4.74 Å². The molecule has 21 heavy (non-hydrogen) atoms. The van der Waals surface area contributed by atoms with Crippen LogP contribution in [0.15, 0.2) is 34.1 Å². The van der Waals surface area contributed by atoms with Gasteiger partial charge in [0.2, 0.25) is 0 Å². The molecule has 0 unspecified atom stereocenters. The third-order valence-electron chi connectivity index (χ3n) is 2.87. The number of halogens is 2. The van der Waals surface area contributed by atoms with Crippen LogP contribution in [0.25, 0.3) is 0 Å². The van der Waals surface area contributed by atoms with Gasteiger partial charge in [0, 0.05) is 21.3 Å². The van der Waals surface area contributed by atoms with E-state index in [1.807, 2.05) is 17.5 Å². The lowest BCUT2D eigenvalue weighted by Crippen LogP contribution is -2.19. The Morgan fingerprint density at radius 3 is 2.76 bits per heavy atom. The summed E-state index contributed by atoms with van der Waals surface area (Å²) < 4.78 is 20.5. The summed E-state index contributed by atoms with van der Waals surface area (Å²) in [6, 6.07) is 7.11. The molecule has 114 valence electrons. The number of ether oxygens (including phenoxy) is 1. The number of hydrogen-bond donors (Lipinski definition) is 1. The molecular formula is C16H19BrFNOS. The molecule has 0 fully saturated rings. The van der Waals surface area contributed by atoms with Crippen molar-refractivity contribution in [1.82, 2.24) is 5.32 Å². The van der Waals surface area contributed by atoms with Crippen LogP contribution in [0.2, 0.25) is 0 Å². The summed E-state index contributed by atoms with van der Waals surface area (Å²) >= 11 is 4.98. The van der Waals surface area contributed by atoms with Gasteiger partial charge in [0.15, 0.2) is 11.6 Å². The Balaban J connectivity index is 1.89. The first-order valence-corrected chi connectivity index (χ1v) is 8.56. The van der Waals surface area contributed by atoms with Crippen LogP contribution in [-0.4, -0.2) is 6.54 Å². The van der Waals surface area contributed by atoms with Crippen molar-refractivity contribution in [3.63, 3.8) is 0 Å². The van der Waals surface area contributed by atoms with Crippen LogP contribution < -0.4 is 10.1 Å². The van der Waals surface area contributed by atoms with Crippen molar-refractivity contribution in [2.24, 2.45) is 5.92 Å². The highest BCUT2D eigenvalue weighted by Gasteiger charge is 2.06. The van der Waals surface area contributed by atoms with Gasteiger partial charge in [-0.05, 0) is 52.2 Å². The second kappa shape index (κ2) is 7.92. The number of hydrogen-bond acceptors (Lipinski definition) is 3. The SMILES string of the molecule is CC(C)CNCc1ccc(OCc2cc(Br)cs2)c(F)c1. The summed E-state index contributed by atoms with van der Waals surface area (Å²) in [6.07, 6.45) is 0. The van der Waals surface area contributed by atoms with E-state index in [0.717, 1.165) is 21.5 Å². The van der Waals surface area contributed by atoms with Gasteiger partial charge in [-0.2, -0.15) is 0 Å². The summed E-state index contributed by atoms with van der Waals surface area (Å²) in [4.78, 5) is 1.06. The van der Waals surface area contributed by atoms with E-state index in [9.17, 15) is 4.39 Å². The fraction of sp³-hybridized carbons (Fsp3) is 0.375. The molecule has 0 spiro atoms. The van der Waals surface area contributed by atoms with Crippen LogP contribution in [-0.2, 0) is 13.2 Å². The first-order valence-electron chi connectivity index (χ1n) is 6.89. The van der Waals surface area contributed by atoms with E-state index in [-0.39, 0.29) is 5.82 Å². The molecule has 5 heteroatoms. The van der Waals surface area contributed by atoms with Crippen molar-refractivity contribution >= 4 is 27.3 Å². The topological polar surface area (TPSA) is 21.3 Å². The van der Waals surface area contributed by atoms with Gasteiger partial charge in [-0.3, -0.25) is 0 Å². The summed E-state index contributed by atoms with van der Waals surface area (Å²) in [7, 11) is 0. The van der Waals surface area contributed by atoms with Gasteiger partial charge >= 0.3 is 0 Å². The summed E-state index contributed by atoms with van der Waals surface area (Å²) in [5.74, 6) is 0.573. The first kappa shape index (κ1) is 16.5. The van der Waals surface area contributed by atoms with Gasteiger partial charge < -0.3 is 10.1 Å². The second-order valence-electron chi connectivity index (χ2n) is 5.31. The smallest absolute Gasteiger partial charge is 0.165 e. The van der Waals surface area contributed by atoms with E-state index in [1.54, 1.807) is 17.4 Å². The van der Waals surface area contributed by atoms with Gasteiger partial charge in [-0.25, -0.2) is 4.39 Å². The van der Waals surface area contributed by atoms with Gasteiger partial charge in [-0.1, -0.05) is 19.9 Å². The third kappa shape index (κ3) is 5.41. The van der Waals surface area contributed by atoms with E-state index in [1.165, 1.54) is 6.07 Å². The Bertz CT molecular complexity index is 585. The maximum Gasteiger partial charge on any atom is 0.165 e. The number of thiophene rings is 1. The Labute approximate surface area is 137 Å². The Hall–Kier alpha value is -0.910. The normalized spacial score (nSPS) is 11.1. The largest absolute Gasteiger partial charge is 0.485 e. The van der Waals surface area contributed by atoms with Crippen molar-refractivity contribution < 1.29 is 9.13 Å². The molecular weight excluding hydrogens is 353 g/mol. The standard InChI is InChI=1S/C16H19BrFNOS/c1-11(2)7-19-8-12-3-4-16(15(18)5-12)20-9-14-6-13(17)10-21-14/h3-6,10-11,19H,7-9H2,1-2H3. The molecule has 0 saturated heterocycles. The Morgan fingerprint density at radius 1 is 1.33 bits per heavy atom. The minimum Gasteiger partial charge on any atom is -0.485 e. The Kier molecular flexibility index (Phi) is 6.21. The maximum atomic E-state index is 14.0. The predicted molar refractivity (Wildman–Crippen MR) is 89.3 cm³/mol. The molecule has 0 saturated carbocycles. The first-order chi connectivity index (χ1) is 10.0. The predicted octanol–water partition coefficient (Wildman–Crippen LogP) is 4.97. The van der Waals surface area contributed by atoms with Gasteiger partial charge in [0.25, 0.3) is 0 Å². The van der Waals surface area contributed by atoms with Crippen LogP contribution in [0.1, 0.15) is 24.3 Å². The zero-order valence-electron chi connectivity index (χ0n) is 12.2. The van der Waals surface area contributed by atoms with Crippen LogP contribution in [0, 0.1) is 11.7 Å².